The van der Waals surface area contributed by atoms with E-state index in [-0.39, 0.29) is 11.5 Å². The molecule has 19 heavy (non-hydrogen) atoms. The van der Waals surface area contributed by atoms with Crippen molar-refractivity contribution in [2.24, 2.45) is 0 Å². The number of para-hydroxylation sites is 1. The zero-order valence-electron chi connectivity index (χ0n) is 9.37. The first-order valence-electron chi connectivity index (χ1n) is 5.09. The maximum atomic E-state index is 13.4. The summed E-state index contributed by atoms with van der Waals surface area (Å²) in [6, 6.07) is 6.16. The van der Waals surface area contributed by atoms with Gasteiger partial charge in [-0.3, -0.25) is 0 Å². The molecular weight excluding hydrogens is 264 g/mol. The van der Waals surface area contributed by atoms with Crippen LogP contribution >= 0.6 is 0 Å². The van der Waals surface area contributed by atoms with Crippen molar-refractivity contribution in [3.63, 3.8) is 0 Å². The van der Waals surface area contributed by atoms with Gasteiger partial charge >= 0.3 is 6.18 Å². The first kappa shape index (κ1) is 13.1. The lowest BCUT2D eigenvalue weighted by atomic mass is 10.3. The largest absolute Gasteiger partial charge is 0.433 e. The fourth-order valence-corrected chi connectivity index (χ4v) is 1.38. The van der Waals surface area contributed by atoms with Gasteiger partial charge in [-0.05, 0) is 12.1 Å². The molecule has 100 valence electrons. The molecule has 0 spiro atoms. The fraction of sp³-hybridized carbons (Fsp3) is 0.0909. The van der Waals surface area contributed by atoms with E-state index in [2.05, 4.69) is 15.3 Å². The zero-order chi connectivity index (χ0) is 14.0. The summed E-state index contributed by atoms with van der Waals surface area (Å²) in [5.41, 5.74) is 3.99. The zero-order valence-corrected chi connectivity index (χ0v) is 9.37. The number of nitrogens with one attached hydrogen (secondary N) is 1. The normalized spacial score (nSPS) is 11.4. The molecule has 2 rings (SSSR count). The maximum absolute atomic E-state index is 13.4. The topological polar surface area (TPSA) is 63.8 Å². The number of hydrogen-bond donors (Lipinski definition) is 2. The van der Waals surface area contributed by atoms with E-state index in [0.717, 1.165) is 6.07 Å². The number of nitrogens with two attached hydrogens (primary N) is 1. The van der Waals surface area contributed by atoms with E-state index in [1.807, 2.05) is 0 Å². The van der Waals surface area contributed by atoms with Crippen LogP contribution in [0.2, 0.25) is 0 Å². The monoisotopic (exact) mass is 272 g/mol. The minimum Gasteiger partial charge on any atom is -0.368 e. The average Bonchev–Trinajstić information content (AvgIpc) is 2.30. The summed E-state index contributed by atoms with van der Waals surface area (Å²) >= 11 is 0. The van der Waals surface area contributed by atoms with Crippen molar-refractivity contribution in [3.8, 4) is 0 Å². The Morgan fingerprint density at radius 1 is 1.11 bits per heavy atom. The van der Waals surface area contributed by atoms with E-state index in [0.29, 0.717) is 6.07 Å². The van der Waals surface area contributed by atoms with Gasteiger partial charge in [0.2, 0.25) is 5.95 Å². The molecule has 0 unspecified atom stereocenters. The quantitative estimate of drug-likeness (QED) is 0.825. The Labute approximate surface area is 105 Å². The van der Waals surface area contributed by atoms with Crippen molar-refractivity contribution in [2.45, 2.75) is 6.18 Å². The average molecular weight is 272 g/mol. The van der Waals surface area contributed by atoms with Crippen LogP contribution in [0.1, 0.15) is 5.69 Å². The minimum atomic E-state index is -4.65. The highest BCUT2D eigenvalue weighted by Gasteiger charge is 2.33. The predicted octanol–water partition coefficient (Wildman–Crippen LogP) is 2.96. The van der Waals surface area contributed by atoms with Gasteiger partial charge in [-0.25, -0.2) is 9.37 Å². The molecule has 0 bridgehead atoms. The van der Waals surface area contributed by atoms with Gasteiger partial charge in [0.15, 0.2) is 5.69 Å². The SMILES string of the molecule is Nc1nc(Nc2ccccc2F)cc(C(F)(F)F)n1. The number of nitrogens with zero attached hydrogens (tertiary/aromatic N) is 2. The molecule has 0 radical (unpaired) electrons. The Bertz CT molecular complexity index is 597. The number of rotatable bonds is 2. The highest BCUT2D eigenvalue weighted by Crippen LogP contribution is 2.30. The Morgan fingerprint density at radius 2 is 1.79 bits per heavy atom. The highest BCUT2D eigenvalue weighted by atomic mass is 19.4. The molecule has 0 aliphatic heterocycles. The molecule has 0 saturated carbocycles. The lowest BCUT2D eigenvalue weighted by Gasteiger charge is -2.10. The number of nitrogen functional groups attached to an aromatic ring is 1. The van der Waals surface area contributed by atoms with Crippen molar-refractivity contribution >= 4 is 17.5 Å². The number of alkyl halides is 3. The van der Waals surface area contributed by atoms with Gasteiger partial charge in [0, 0.05) is 6.07 Å². The first-order valence-corrected chi connectivity index (χ1v) is 5.09. The molecule has 3 N–H and O–H groups in total. The number of benzene rings is 1. The van der Waals surface area contributed by atoms with Gasteiger partial charge in [0.05, 0.1) is 5.69 Å². The molecule has 2 aromatic rings. The van der Waals surface area contributed by atoms with E-state index >= 15 is 0 Å². The molecule has 4 nitrogen and oxygen atoms in total. The van der Waals surface area contributed by atoms with Crippen LogP contribution < -0.4 is 11.1 Å². The molecular formula is C11H8F4N4. The number of anilines is 3. The third-order valence-corrected chi connectivity index (χ3v) is 2.17. The van der Waals surface area contributed by atoms with E-state index in [1.165, 1.54) is 18.2 Å². The Kier molecular flexibility index (Phi) is 3.24. The van der Waals surface area contributed by atoms with Gasteiger partial charge in [0.1, 0.15) is 11.6 Å². The summed E-state index contributed by atoms with van der Waals surface area (Å²) in [5, 5.41) is 2.42. The number of hydrogen-bond acceptors (Lipinski definition) is 4. The van der Waals surface area contributed by atoms with Gasteiger partial charge in [0.25, 0.3) is 0 Å². The van der Waals surface area contributed by atoms with Crippen molar-refractivity contribution in [1.82, 2.24) is 9.97 Å². The fourth-order valence-electron chi connectivity index (χ4n) is 1.38. The summed E-state index contributed by atoms with van der Waals surface area (Å²) < 4.78 is 50.9. The lowest BCUT2D eigenvalue weighted by Crippen LogP contribution is -2.12. The standard InChI is InChI=1S/C11H8F4N4/c12-6-3-1-2-4-7(6)17-9-5-8(11(13,14)15)18-10(16)19-9/h1-5H,(H3,16,17,18,19). The van der Waals surface area contributed by atoms with Gasteiger partial charge in [-0.2, -0.15) is 18.2 Å². The molecule has 0 amide bonds. The summed E-state index contributed by atoms with van der Waals surface area (Å²) in [7, 11) is 0. The van der Waals surface area contributed by atoms with Crippen LogP contribution in [0, 0.1) is 5.82 Å². The van der Waals surface area contributed by atoms with E-state index in [4.69, 9.17) is 5.73 Å². The third-order valence-electron chi connectivity index (χ3n) is 2.17. The Hall–Kier alpha value is -2.38. The lowest BCUT2D eigenvalue weighted by molar-refractivity contribution is -0.141. The Balaban J connectivity index is 2.36. The molecule has 0 aliphatic carbocycles. The summed E-state index contributed by atoms with van der Waals surface area (Å²) in [4.78, 5) is 6.65. The number of halogens is 4. The van der Waals surface area contributed by atoms with Crippen molar-refractivity contribution in [1.29, 1.82) is 0 Å². The van der Waals surface area contributed by atoms with Gasteiger partial charge in [-0.15, -0.1) is 0 Å². The van der Waals surface area contributed by atoms with Crippen LogP contribution in [0.3, 0.4) is 0 Å². The third kappa shape index (κ3) is 3.09. The molecule has 0 fully saturated rings. The molecule has 1 aromatic heterocycles. The van der Waals surface area contributed by atoms with Crippen LogP contribution in [-0.2, 0) is 6.18 Å². The van der Waals surface area contributed by atoms with Crippen LogP contribution in [-0.4, -0.2) is 9.97 Å². The van der Waals surface area contributed by atoms with E-state index in [9.17, 15) is 17.6 Å². The van der Waals surface area contributed by atoms with Crippen LogP contribution in [0.25, 0.3) is 0 Å². The second kappa shape index (κ2) is 4.71. The van der Waals surface area contributed by atoms with Crippen molar-refractivity contribution in [3.05, 3.63) is 41.8 Å². The van der Waals surface area contributed by atoms with E-state index < -0.39 is 23.6 Å². The molecule has 0 aliphatic rings. The molecule has 0 atom stereocenters. The molecule has 0 saturated heterocycles. The van der Waals surface area contributed by atoms with Crippen LogP contribution in [0.15, 0.2) is 30.3 Å². The highest BCUT2D eigenvalue weighted by molar-refractivity contribution is 5.58. The molecule has 1 aromatic carbocycles. The molecule has 1 heterocycles. The van der Waals surface area contributed by atoms with Crippen LogP contribution in [0.4, 0.5) is 35.0 Å². The van der Waals surface area contributed by atoms with E-state index in [1.54, 1.807) is 0 Å². The second-order valence-corrected chi connectivity index (χ2v) is 3.60. The summed E-state index contributed by atoms with van der Waals surface area (Å²) in [6.45, 7) is 0. The number of aromatic nitrogens is 2. The summed E-state index contributed by atoms with van der Waals surface area (Å²) in [6.07, 6.45) is -4.65. The Morgan fingerprint density at radius 3 is 2.42 bits per heavy atom. The smallest absolute Gasteiger partial charge is 0.368 e. The predicted molar refractivity (Wildman–Crippen MR) is 61.1 cm³/mol. The summed E-state index contributed by atoms with van der Waals surface area (Å²) in [5.74, 6) is -1.40. The van der Waals surface area contributed by atoms with Crippen LogP contribution in [0.5, 0.6) is 0 Å². The van der Waals surface area contributed by atoms with Gasteiger partial charge in [-0.1, -0.05) is 12.1 Å². The first-order chi connectivity index (χ1) is 8.86. The van der Waals surface area contributed by atoms with Crippen molar-refractivity contribution in [2.75, 3.05) is 11.1 Å². The second-order valence-electron chi connectivity index (χ2n) is 3.60. The van der Waals surface area contributed by atoms with Gasteiger partial charge < -0.3 is 11.1 Å². The minimum absolute atomic E-state index is 0.00581. The molecule has 8 heteroatoms. The van der Waals surface area contributed by atoms with Crippen molar-refractivity contribution < 1.29 is 17.6 Å². The maximum Gasteiger partial charge on any atom is 0.433 e.